The number of carbonyl (C=O) groups is 1. The average molecular weight is 230 g/mol. The Hall–Kier alpha value is -0.613. The van der Waals surface area contributed by atoms with Gasteiger partial charge in [0.05, 0.1) is 6.61 Å². The standard InChI is InChI=1S/C11H22O3Si/c1-5-11(12)13-9-7-8-10-15(3,4)14-6-2/h5H,1,6-10H2,2-4H3. The Bertz CT molecular complexity index is 202. The molecule has 0 saturated heterocycles. The lowest BCUT2D eigenvalue weighted by atomic mass is 10.4. The summed E-state index contributed by atoms with van der Waals surface area (Å²) in [5.74, 6) is -0.337. The maximum Gasteiger partial charge on any atom is 0.330 e. The maximum atomic E-state index is 10.7. The molecule has 0 amide bonds. The Kier molecular flexibility index (Phi) is 7.34. The largest absolute Gasteiger partial charge is 0.463 e. The molecule has 0 atom stereocenters. The zero-order chi connectivity index (χ0) is 11.7. The molecule has 0 unspecified atom stereocenters. The van der Waals surface area contributed by atoms with Crippen molar-refractivity contribution in [2.24, 2.45) is 0 Å². The molecule has 0 aromatic heterocycles. The SMILES string of the molecule is C=CC(=O)OCCCC[Si](C)(C)OCC. The van der Waals surface area contributed by atoms with Gasteiger partial charge in [-0.15, -0.1) is 0 Å². The van der Waals surface area contributed by atoms with E-state index in [4.69, 9.17) is 9.16 Å². The normalized spacial score (nSPS) is 11.1. The molecule has 3 nitrogen and oxygen atoms in total. The minimum atomic E-state index is -1.45. The van der Waals surface area contributed by atoms with Crippen LogP contribution in [0.4, 0.5) is 0 Å². The van der Waals surface area contributed by atoms with Crippen molar-refractivity contribution in [3.63, 3.8) is 0 Å². The van der Waals surface area contributed by atoms with Crippen molar-refractivity contribution in [2.75, 3.05) is 13.2 Å². The van der Waals surface area contributed by atoms with Crippen molar-refractivity contribution in [3.8, 4) is 0 Å². The van der Waals surface area contributed by atoms with E-state index in [1.165, 1.54) is 6.08 Å². The van der Waals surface area contributed by atoms with Gasteiger partial charge >= 0.3 is 5.97 Å². The number of hydrogen-bond acceptors (Lipinski definition) is 3. The maximum absolute atomic E-state index is 10.7. The highest BCUT2D eigenvalue weighted by atomic mass is 28.4. The molecule has 15 heavy (non-hydrogen) atoms. The highest BCUT2D eigenvalue weighted by Gasteiger charge is 2.20. The highest BCUT2D eigenvalue weighted by Crippen LogP contribution is 2.14. The lowest BCUT2D eigenvalue weighted by molar-refractivity contribution is -0.137. The van der Waals surface area contributed by atoms with Crippen molar-refractivity contribution in [3.05, 3.63) is 12.7 Å². The number of hydrogen-bond donors (Lipinski definition) is 0. The van der Waals surface area contributed by atoms with Gasteiger partial charge in [0.25, 0.3) is 0 Å². The van der Waals surface area contributed by atoms with Gasteiger partial charge in [-0.2, -0.15) is 0 Å². The van der Waals surface area contributed by atoms with Crippen molar-refractivity contribution in [1.29, 1.82) is 0 Å². The van der Waals surface area contributed by atoms with Crippen LogP contribution in [0.1, 0.15) is 19.8 Å². The third kappa shape index (κ3) is 8.39. The highest BCUT2D eigenvalue weighted by molar-refractivity contribution is 6.71. The van der Waals surface area contributed by atoms with Crippen molar-refractivity contribution in [2.45, 2.75) is 38.9 Å². The third-order valence-corrected chi connectivity index (χ3v) is 4.75. The topological polar surface area (TPSA) is 35.5 Å². The molecular weight excluding hydrogens is 208 g/mol. The summed E-state index contributed by atoms with van der Waals surface area (Å²) in [5.41, 5.74) is 0. The van der Waals surface area contributed by atoms with Gasteiger partial charge in [0.15, 0.2) is 8.32 Å². The second-order valence-corrected chi connectivity index (χ2v) is 8.33. The summed E-state index contributed by atoms with van der Waals surface area (Å²) in [7, 11) is -1.45. The van der Waals surface area contributed by atoms with Gasteiger partial charge in [0, 0.05) is 12.7 Å². The lowest BCUT2D eigenvalue weighted by Gasteiger charge is -2.21. The Morgan fingerprint density at radius 2 is 2.07 bits per heavy atom. The number of esters is 1. The second-order valence-electron chi connectivity index (χ2n) is 4.02. The van der Waals surface area contributed by atoms with Crippen molar-refractivity contribution < 1.29 is 14.0 Å². The fourth-order valence-electron chi connectivity index (χ4n) is 1.35. The predicted octanol–water partition coefficient (Wildman–Crippen LogP) is 2.74. The summed E-state index contributed by atoms with van der Waals surface area (Å²) >= 11 is 0. The Balaban J connectivity index is 3.45. The molecule has 0 saturated carbocycles. The van der Waals surface area contributed by atoms with E-state index in [1.54, 1.807) is 0 Å². The van der Waals surface area contributed by atoms with Crippen LogP contribution >= 0.6 is 0 Å². The quantitative estimate of drug-likeness (QED) is 0.278. The van der Waals surface area contributed by atoms with E-state index in [9.17, 15) is 4.79 Å². The Morgan fingerprint density at radius 3 is 2.60 bits per heavy atom. The van der Waals surface area contributed by atoms with E-state index in [0.717, 1.165) is 25.5 Å². The molecule has 4 heteroatoms. The molecule has 0 aliphatic carbocycles. The van der Waals surface area contributed by atoms with Crippen LogP contribution in [0.25, 0.3) is 0 Å². The lowest BCUT2D eigenvalue weighted by Crippen LogP contribution is -2.29. The van der Waals surface area contributed by atoms with Crippen LogP contribution in [0, 0.1) is 0 Å². The molecule has 0 spiro atoms. The Morgan fingerprint density at radius 1 is 1.40 bits per heavy atom. The molecule has 88 valence electrons. The van der Waals surface area contributed by atoms with E-state index in [1.807, 2.05) is 6.92 Å². The van der Waals surface area contributed by atoms with E-state index in [-0.39, 0.29) is 5.97 Å². The third-order valence-electron chi connectivity index (χ3n) is 2.12. The van der Waals surface area contributed by atoms with Gasteiger partial charge in [-0.3, -0.25) is 0 Å². The average Bonchev–Trinajstić information content (AvgIpc) is 2.16. The molecule has 0 rings (SSSR count). The fourth-order valence-corrected chi connectivity index (χ4v) is 3.37. The minimum Gasteiger partial charge on any atom is -0.463 e. The first-order chi connectivity index (χ1) is 7.02. The van der Waals surface area contributed by atoms with Crippen LogP contribution in [0.15, 0.2) is 12.7 Å². The van der Waals surface area contributed by atoms with Crippen molar-refractivity contribution in [1.82, 2.24) is 0 Å². The predicted molar refractivity (Wildman–Crippen MR) is 64.3 cm³/mol. The molecule has 0 fully saturated rings. The number of ether oxygens (including phenoxy) is 1. The van der Waals surface area contributed by atoms with Gasteiger partial charge in [-0.25, -0.2) is 4.79 Å². The van der Waals surface area contributed by atoms with Gasteiger partial charge < -0.3 is 9.16 Å². The summed E-state index contributed by atoms with van der Waals surface area (Å²) < 4.78 is 10.6. The van der Waals surface area contributed by atoms with Crippen LogP contribution in [0.5, 0.6) is 0 Å². The summed E-state index contributed by atoms with van der Waals surface area (Å²) in [5, 5.41) is 0. The van der Waals surface area contributed by atoms with Crippen LogP contribution in [-0.2, 0) is 14.0 Å². The molecular formula is C11H22O3Si. The number of rotatable bonds is 8. The smallest absolute Gasteiger partial charge is 0.330 e. The summed E-state index contributed by atoms with van der Waals surface area (Å²) in [4.78, 5) is 10.7. The first kappa shape index (κ1) is 14.4. The molecule has 0 aromatic rings. The van der Waals surface area contributed by atoms with Gasteiger partial charge in [0.2, 0.25) is 0 Å². The number of carbonyl (C=O) groups excluding carboxylic acids is 1. The van der Waals surface area contributed by atoms with Crippen LogP contribution in [-0.4, -0.2) is 27.5 Å². The van der Waals surface area contributed by atoms with E-state index in [0.29, 0.717) is 6.61 Å². The van der Waals surface area contributed by atoms with E-state index >= 15 is 0 Å². The molecule has 0 bridgehead atoms. The van der Waals surface area contributed by atoms with Crippen LogP contribution in [0.2, 0.25) is 19.1 Å². The first-order valence-corrected chi connectivity index (χ1v) is 8.56. The van der Waals surface area contributed by atoms with Crippen LogP contribution < -0.4 is 0 Å². The van der Waals surface area contributed by atoms with Crippen molar-refractivity contribution >= 4 is 14.3 Å². The second kappa shape index (κ2) is 7.65. The molecule has 0 N–H and O–H groups in total. The summed E-state index contributed by atoms with van der Waals surface area (Å²) in [6, 6.07) is 1.12. The monoisotopic (exact) mass is 230 g/mol. The molecule has 0 aliphatic rings. The molecule has 0 aromatic carbocycles. The number of unbranched alkanes of at least 4 members (excludes halogenated alkanes) is 1. The summed E-state index contributed by atoms with van der Waals surface area (Å²) in [6.45, 7) is 11.1. The van der Waals surface area contributed by atoms with Gasteiger partial charge in [-0.05, 0) is 32.5 Å². The minimum absolute atomic E-state index is 0.337. The molecule has 0 aliphatic heterocycles. The molecule has 0 heterocycles. The van der Waals surface area contributed by atoms with E-state index in [2.05, 4.69) is 19.7 Å². The van der Waals surface area contributed by atoms with E-state index < -0.39 is 8.32 Å². The summed E-state index contributed by atoms with van der Waals surface area (Å²) in [6.07, 6.45) is 3.16. The zero-order valence-electron chi connectivity index (χ0n) is 10.0. The zero-order valence-corrected chi connectivity index (χ0v) is 11.0. The van der Waals surface area contributed by atoms with Gasteiger partial charge in [-0.1, -0.05) is 13.0 Å². The first-order valence-electron chi connectivity index (χ1n) is 5.45. The Labute approximate surface area is 93.6 Å². The van der Waals surface area contributed by atoms with Crippen LogP contribution in [0.3, 0.4) is 0 Å². The van der Waals surface area contributed by atoms with Gasteiger partial charge in [0.1, 0.15) is 0 Å². The molecule has 0 radical (unpaired) electrons. The fraction of sp³-hybridized carbons (Fsp3) is 0.727.